The van der Waals surface area contributed by atoms with E-state index in [4.69, 9.17) is 0 Å². The molecule has 27 heavy (non-hydrogen) atoms. The van der Waals surface area contributed by atoms with Crippen molar-refractivity contribution in [2.24, 2.45) is 7.05 Å². The Bertz CT molecular complexity index is 952. The number of aryl methyl sites for hydroxylation is 1. The summed E-state index contributed by atoms with van der Waals surface area (Å²) >= 11 is 0. The summed E-state index contributed by atoms with van der Waals surface area (Å²) in [7, 11) is 3.31. The van der Waals surface area contributed by atoms with Gasteiger partial charge in [0.1, 0.15) is 0 Å². The molecule has 2 aromatic heterocycles. The highest BCUT2D eigenvalue weighted by Gasteiger charge is 2.15. The normalized spacial score (nSPS) is 10.4. The number of hydrogen-bond donors (Lipinski definition) is 2. The highest BCUT2D eigenvalue weighted by molar-refractivity contribution is 5.95. The minimum Gasteiger partial charge on any atom is -0.355 e. The van der Waals surface area contributed by atoms with Crippen LogP contribution in [0.25, 0.3) is 11.4 Å². The first kappa shape index (κ1) is 18.2. The fraction of sp³-hybridized carbons (Fsp3) is 0.211. The average molecular weight is 364 g/mol. The van der Waals surface area contributed by atoms with Gasteiger partial charge in [0, 0.05) is 45.0 Å². The molecule has 0 fully saturated rings. The third kappa shape index (κ3) is 4.35. The van der Waals surface area contributed by atoms with Gasteiger partial charge in [-0.05, 0) is 0 Å². The Morgan fingerprint density at radius 3 is 2.56 bits per heavy atom. The molecule has 0 aliphatic carbocycles. The number of rotatable bonds is 6. The van der Waals surface area contributed by atoms with Crippen LogP contribution in [0.3, 0.4) is 0 Å². The first-order chi connectivity index (χ1) is 13.1. The predicted octanol–water partition coefficient (Wildman–Crippen LogP) is 1.21. The van der Waals surface area contributed by atoms with Crippen molar-refractivity contribution in [3.63, 3.8) is 0 Å². The molecule has 2 heterocycles. The Balaban J connectivity index is 1.77. The zero-order valence-corrected chi connectivity index (χ0v) is 15.1. The molecule has 0 aliphatic rings. The van der Waals surface area contributed by atoms with Crippen molar-refractivity contribution in [1.82, 2.24) is 30.4 Å². The lowest BCUT2D eigenvalue weighted by Crippen LogP contribution is -2.27. The smallest absolute Gasteiger partial charge is 0.254 e. The minimum atomic E-state index is -0.261. The van der Waals surface area contributed by atoms with Gasteiger partial charge in [0.25, 0.3) is 11.8 Å². The first-order valence-electron chi connectivity index (χ1n) is 8.48. The van der Waals surface area contributed by atoms with Gasteiger partial charge in [0.05, 0.1) is 23.0 Å². The number of carbonyl (C=O) groups is 2. The van der Waals surface area contributed by atoms with Crippen LogP contribution < -0.4 is 10.6 Å². The number of amides is 2. The van der Waals surface area contributed by atoms with Crippen molar-refractivity contribution in [2.45, 2.75) is 6.42 Å². The van der Waals surface area contributed by atoms with Gasteiger partial charge in [-0.3, -0.25) is 14.3 Å². The second-order valence-electron chi connectivity index (χ2n) is 5.91. The molecule has 3 rings (SSSR count). The van der Waals surface area contributed by atoms with Gasteiger partial charge in [-0.1, -0.05) is 30.3 Å². The van der Waals surface area contributed by atoms with Crippen LogP contribution in [0.2, 0.25) is 0 Å². The Labute approximate surface area is 156 Å². The molecular formula is C19H20N6O2. The second kappa shape index (κ2) is 8.22. The molecule has 3 aromatic rings. The second-order valence-corrected chi connectivity index (χ2v) is 5.91. The first-order valence-corrected chi connectivity index (χ1v) is 8.48. The molecule has 0 radical (unpaired) electrons. The van der Waals surface area contributed by atoms with E-state index in [0.717, 1.165) is 5.56 Å². The molecule has 8 nitrogen and oxygen atoms in total. The van der Waals surface area contributed by atoms with E-state index in [2.05, 4.69) is 25.7 Å². The lowest BCUT2D eigenvalue weighted by atomic mass is 10.1. The summed E-state index contributed by atoms with van der Waals surface area (Å²) in [6, 6.07) is 9.53. The van der Waals surface area contributed by atoms with Crippen molar-refractivity contribution in [3.05, 3.63) is 65.7 Å². The molecule has 1 aromatic carbocycles. The maximum Gasteiger partial charge on any atom is 0.254 e. The van der Waals surface area contributed by atoms with Crippen LogP contribution in [-0.4, -0.2) is 45.2 Å². The van der Waals surface area contributed by atoms with Gasteiger partial charge in [0.15, 0.2) is 5.82 Å². The number of nitrogens with one attached hydrogen (secondary N) is 2. The van der Waals surface area contributed by atoms with Gasteiger partial charge in [-0.2, -0.15) is 5.10 Å². The fourth-order valence-electron chi connectivity index (χ4n) is 2.59. The zero-order chi connectivity index (χ0) is 19.2. The summed E-state index contributed by atoms with van der Waals surface area (Å²) in [6.45, 7) is 0.336. The molecule has 0 aliphatic heterocycles. The average Bonchev–Trinajstić information content (AvgIpc) is 3.14. The van der Waals surface area contributed by atoms with Crippen LogP contribution in [-0.2, 0) is 13.5 Å². The lowest BCUT2D eigenvalue weighted by molar-refractivity contribution is 0.0952. The van der Waals surface area contributed by atoms with Crippen molar-refractivity contribution >= 4 is 11.8 Å². The Morgan fingerprint density at radius 1 is 1.11 bits per heavy atom. The summed E-state index contributed by atoms with van der Waals surface area (Å²) in [5, 5.41) is 9.39. The van der Waals surface area contributed by atoms with Crippen LogP contribution in [0.15, 0.2) is 48.9 Å². The monoisotopic (exact) mass is 364 g/mol. The van der Waals surface area contributed by atoms with E-state index >= 15 is 0 Å². The molecule has 0 spiro atoms. The lowest BCUT2D eigenvalue weighted by Gasteiger charge is -2.10. The molecule has 0 atom stereocenters. The van der Waals surface area contributed by atoms with Gasteiger partial charge >= 0.3 is 0 Å². The van der Waals surface area contributed by atoms with Crippen LogP contribution in [0, 0.1) is 0 Å². The molecule has 2 N–H and O–H groups in total. The predicted molar refractivity (Wildman–Crippen MR) is 100 cm³/mol. The van der Waals surface area contributed by atoms with E-state index < -0.39 is 0 Å². The van der Waals surface area contributed by atoms with E-state index in [0.29, 0.717) is 35.6 Å². The maximum atomic E-state index is 12.1. The summed E-state index contributed by atoms with van der Waals surface area (Å²) in [6.07, 6.45) is 5.07. The van der Waals surface area contributed by atoms with Crippen molar-refractivity contribution in [1.29, 1.82) is 0 Å². The van der Waals surface area contributed by atoms with Crippen molar-refractivity contribution in [2.75, 3.05) is 13.6 Å². The molecule has 0 unspecified atom stereocenters. The molecule has 0 saturated heterocycles. The van der Waals surface area contributed by atoms with Crippen molar-refractivity contribution < 1.29 is 9.59 Å². The molecule has 8 heteroatoms. The number of nitrogens with zero attached hydrogens (tertiary/aromatic N) is 4. The van der Waals surface area contributed by atoms with Crippen LogP contribution in [0.4, 0.5) is 0 Å². The SMILES string of the molecule is CNC(=O)c1cnc(-c2ccccc2)nc1CCNC(=O)c1cnn(C)c1. The summed E-state index contributed by atoms with van der Waals surface area (Å²) < 4.78 is 1.56. The molecule has 0 bridgehead atoms. The molecule has 2 amide bonds. The molecule has 0 saturated carbocycles. The number of benzene rings is 1. The number of hydrogen-bond acceptors (Lipinski definition) is 5. The van der Waals surface area contributed by atoms with Crippen LogP contribution in [0.1, 0.15) is 26.4 Å². The van der Waals surface area contributed by atoms with Gasteiger partial charge in [0.2, 0.25) is 0 Å². The Hall–Kier alpha value is -3.55. The van der Waals surface area contributed by atoms with Crippen LogP contribution in [0.5, 0.6) is 0 Å². The van der Waals surface area contributed by atoms with E-state index in [-0.39, 0.29) is 11.8 Å². The van der Waals surface area contributed by atoms with E-state index in [1.807, 2.05) is 30.3 Å². The minimum absolute atomic E-state index is 0.220. The van der Waals surface area contributed by atoms with Gasteiger partial charge in [-0.25, -0.2) is 9.97 Å². The van der Waals surface area contributed by atoms with Gasteiger partial charge in [-0.15, -0.1) is 0 Å². The highest BCUT2D eigenvalue weighted by Crippen LogP contribution is 2.16. The van der Waals surface area contributed by atoms with Gasteiger partial charge < -0.3 is 10.6 Å². The standard InChI is InChI=1S/C19H20N6O2/c1-20-19(27)15-11-22-17(13-6-4-3-5-7-13)24-16(15)8-9-21-18(26)14-10-23-25(2)12-14/h3-7,10-12H,8-9H2,1-2H3,(H,20,27)(H,21,26). The van der Waals surface area contributed by atoms with Crippen LogP contribution >= 0.6 is 0 Å². The van der Waals surface area contributed by atoms with E-state index in [1.54, 1.807) is 25.0 Å². The zero-order valence-electron chi connectivity index (χ0n) is 15.1. The summed E-state index contributed by atoms with van der Waals surface area (Å²) in [5.41, 5.74) is 2.32. The topological polar surface area (TPSA) is 102 Å². The molecule has 138 valence electrons. The maximum absolute atomic E-state index is 12.1. The largest absolute Gasteiger partial charge is 0.355 e. The molecular weight excluding hydrogens is 344 g/mol. The Morgan fingerprint density at radius 2 is 1.89 bits per heavy atom. The number of aromatic nitrogens is 4. The fourth-order valence-corrected chi connectivity index (χ4v) is 2.59. The summed E-state index contributed by atoms with van der Waals surface area (Å²) in [4.78, 5) is 33.1. The quantitative estimate of drug-likeness (QED) is 0.684. The van der Waals surface area contributed by atoms with Crippen molar-refractivity contribution in [3.8, 4) is 11.4 Å². The summed E-state index contributed by atoms with van der Waals surface area (Å²) in [5.74, 6) is 0.0574. The number of carbonyl (C=O) groups excluding carboxylic acids is 2. The third-order valence-electron chi connectivity index (χ3n) is 3.99. The highest BCUT2D eigenvalue weighted by atomic mass is 16.2. The van der Waals surface area contributed by atoms with E-state index in [1.165, 1.54) is 12.4 Å². The third-order valence-corrected chi connectivity index (χ3v) is 3.99. The Kier molecular flexibility index (Phi) is 5.55. The van der Waals surface area contributed by atoms with E-state index in [9.17, 15) is 9.59 Å².